The van der Waals surface area contributed by atoms with Crippen molar-refractivity contribution < 1.29 is 0 Å². The van der Waals surface area contributed by atoms with Crippen molar-refractivity contribution in [1.82, 2.24) is 4.98 Å². The Labute approximate surface area is 328 Å². The average Bonchev–Trinajstić information content (AvgIpc) is 3.16. The lowest BCUT2D eigenvalue weighted by atomic mass is 9.34. The monoisotopic (exact) mass is 714 g/mol. The molecule has 0 saturated heterocycles. The number of para-hydroxylation sites is 2. The van der Waals surface area contributed by atoms with E-state index in [9.17, 15) is 0 Å². The molecule has 0 bridgehead atoms. The normalized spacial score (nSPS) is 12.6. The molecule has 0 aliphatic carbocycles. The summed E-state index contributed by atoms with van der Waals surface area (Å²) in [7, 11) is 0. The van der Waals surface area contributed by atoms with Crippen LogP contribution in [0.25, 0.3) is 44.8 Å². The summed E-state index contributed by atoms with van der Waals surface area (Å²) in [5, 5.41) is 3.87. The van der Waals surface area contributed by atoms with Gasteiger partial charge in [-0.2, -0.15) is 0 Å². The van der Waals surface area contributed by atoms with E-state index in [0.717, 1.165) is 33.9 Å². The maximum atomic E-state index is 5.44. The Morgan fingerprint density at radius 2 is 0.982 bits per heavy atom. The van der Waals surface area contributed by atoms with E-state index in [2.05, 4.69) is 207 Å². The molecule has 0 radical (unpaired) electrons. The van der Waals surface area contributed by atoms with Gasteiger partial charge in [-0.25, -0.2) is 4.98 Å². The van der Waals surface area contributed by atoms with Crippen molar-refractivity contribution in [2.45, 2.75) is 73.1 Å². The first-order valence-corrected chi connectivity index (χ1v) is 19.7. The predicted octanol–water partition coefficient (Wildman–Crippen LogP) is 11.8. The van der Waals surface area contributed by atoms with Crippen molar-refractivity contribution >= 4 is 34.5 Å². The number of nitrogens with one attached hydrogen (secondary N) is 1. The van der Waals surface area contributed by atoms with E-state index in [1.807, 2.05) is 0 Å². The highest BCUT2D eigenvalue weighted by Gasteiger charge is 2.34. The van der Waals surface area contributed by atoms with Crippen LogP contribution in [-0.2, 0) is 10.8 Å². The van der Waals surface area contributed by atoms with Gasteiger partial charge in [-0.05, 0) is 112 Å². The topological polar surface area (TPSA) is 24.9 Å². The second kappa shape index (κ2) is 13.9. The molecular weight excluding hydrogens is 663 g/mol. The number of hydrogen-bond acceptors (Lipinski definition) is 2. The number of benzene rings is 6. The Bertz CT molecular complexity index is 2450. The Balaban J connectivity index is 1.26. The smallest absolute Gasteiger partial charge is 0.247 e. The summed E-state index contributed by atoms with van der Waals surface area (Å²) in [5.74, 6) is 0. The molecule has 3 heteroatoms. The van der Waals surface area contributed by atoms with Crippen LogP contribution in [0.5, 0.6) is 0 Å². The molecule has 1 N–H and O–H groups in total. The van der Waals surface area contributed by atoms with Gasteiger partial charge in [-0.15, -0.1) is 0 Å². The van der Waals surface area contributed by atoms with Crippen LogP contribution in [0, 0.1) is 20.8 Å². The molecule has 7 aromatic rings. The maximum absolute atomic E-state index is 5.44. The lowest BCUT2D eigenvalue weighted by Gasteiger charge is -2.31. The summed E-state index contributed by atoms with van der Waals surface area (Å²) in [6.07, 6.45) is 0. The lowest BCUT2D eigenvalue weighted by molar-refractivity contribution is 0.590. The zero-order chi connectivity index (χ0) is 38.6. The standard InChI is InChI=1S/C52H51BN2/c1-33-28-34(2)49(35(3)29-33)53-44-15-10-11-17-48(44)55-50-43(14-12-16-45(50)53)47-19-13-18-46(54-47)40-31-38(36-20-24-41(25-21-36)51(4,5)6)30-39(32-40)37-22-26-42(27-23-37)52(7,8)9/h10-32,55H,1-9H3. The van der Waals surface area contributed by atoms with Gasteiger partial charge in [0.2, 0.25) is 6.71 Å². The van der Waals surface area contributed by atoms with E-state index in [4.69, 9.17) is 4.98 Å². The van der Waals surface area contributed by atoms with Crippen molar-refractivity contribution in [2.75, 3.05) is 5.32 Å². The molecule has 8 rings (SSSR count). The van der Waals surface area contributed by atoms with Crippen LogP contribution in [-0.4, -0.2) is 11.7 Å². The molecule has 0 saturated carbocycles. The number of pyridine rings is 1. The van der Waals surface area contributed by atoms with Crippen molar-refractivity contribution in [1.29, 1.82) is 0 Å². The molecule has 2 nitrogen and oxygen atoms in total. The number of aryl methyl sites for hydroxylation is 3. The maximum Gasteiger partial charge on any atom is 0.247 e. The third kappa shape index (κ3) is 7.05. The van der Waals surface area contributed by atoms with E-state index in [1.54, 1.807) is 0 Å². The van der Waals surface area contributed by atoms with Gasteiger partial charge in [0.05, 0.1) is 11.4 Å². The minimum absolute atomic E-state index is 0.0933. The lowest BCUT2D eigenvalue weighted by Crippen LogP contribution is -2.57. The summed E-state index contributed by atoms with van der Waals surface area (Å²) >= 11 is 0. The molecule has 0 fully saturated rings. The second-order valence-corrected chi connectivity index (χ2v) is 17.6. The predicted molar refractivity (Wildman–Crippen MR) is 238 cm³/mol. The van der Waals surface area contributed by atoms with E-state index in [0.29, 0.717) is 0 Å². The van der Waals surface area contributed by atoms with E-state index < -0.39 is 0 Å². The van der Waals surface area contributed by atoms with Crippen LogP contribution in [0.1, 0.15) is 69.4 Å². The molecule has 1 aliphatic rings. The van der Waals surface area contributed by atoms with Crippen LogP contribution >= 0.6 is 0 Å². The summed E-state index contributed by atoms with van der Waals surface area (Å²) in [5.41, 5.74) is 21.9. The van der Waals surface area contributed by atoms with Gasteiger partial charge in [0.25, 0.3) is 0 Å². The molecular formula is C52H51BN2. The fraction of sp³-hybridized carbons (Fsp3) is 0.212. The Morgan fingerprint density at radius 1 is 0.473 bits per heavy atom. The molecule has 55 heavy (non-hydrogen) atoms. The van der Waals surface area contributed by atoms with E-state index in [1.165, 1.54) is 66.5 Å². The van der Waals surface area contributed by atoms with Crippen LogP contribution in [0.3, 0.4) is 0 Å². The summed E-state index contributed by atoms with van der Waals surface area (Å²) in [6, 6.07) is 51.7. The van der Waals surface area contributed by atoms with Gasteiger partial charge < -0.3 is 5.32 Å². The molecule has 0 spiro atoms. The zero-order valence-corrected chi connectivity index (χ0v) is 33.8. The summed E-state index contributed by atoms with van der Waals surface area (Å²) in [6.45, 7) is 20.4. The molecule has 0 unspecified atom stereocenters. The number of hydrogen-bond donors (Lipinski definition) is 1. The van der Waals surface area contributed by atoms with Crippen molar-refractivity contribution in [3.8, 4) is 44.8 Å². The zero-order valence-electron chi connectivity index (χ0n) is 33.8. The van der Waals surface area contributed by atoms with Crippen LogP contribution in [0.4, 0.5) is 11.4 Å². The first-order valence-electron chi connectivity index (χ1n) is 19.7. The van der Waals surface area contributed by atoms with Gasteiger partial charge in [-0.3, -0.25) is 0 Å². The molecule has 2 heterocycles. The van der Waals surface area contributed by atoms with Gasteiger partial charge in [0.1, 0.15) is 0 Å². The molecule has 1 aliphatic heterocycles. The Kier molecular flexibility index (Phi) is 9.16. The van der Waals surface area contributed by atoms with Crippen molar-refractivity contribution in [2.24, 2.45) is 0 Å². The van der Waals surface area contributed by atoms with Gasteiger partial charge >= 0.3 is 0 Å². The fourth-order valence-corrected chi connectivity index (χ4v) is 8.47. The largest absolute Gasteiger partial charge is 0.356 e. The third-order valence-corrected chi connectivity index (χ3v) is 11.4. The summed E-state index contributed by atoms with van der Waals surface area (Å²) in [4.78, 5) is 5.44. The minimum atomic E-state index is 0.0933. The van der Waals surface area contributed by atoms with Crippen molar-refractivity contribution in [3.05, 3.63) is 167 Å². The third-order valence-electron chi connectivity index (χ3n) is 11.4. The highest BCUT2D eigenvalue weighted by atomic mass is 14.9. The molecule has 0 atom stereocenters. The highest BCUT2D eigenvalue weighted by Crippen LogP contribution is 2.37. The highest BCUT2D eigenvalue weighted by molar-refractivity contribution is 6.98. The van der Waals surface area contributed by atoms with Crippen LogP contribution < -0.4 is 21.7 Å². The fourth-order valence-electron chi connectivity index (χ4n) is 8.47. The molecule has 0 amide bonds. The quantitative estimate of drug-likeness (QED) is 0.180. The minimum Gasteiger partial charge on any atom is -0.356 e. The second-order valence-electron chi connectivity index (χ2n) is 17.6. The Hall–Kier alpha value is -5.67. The van der Waals surface area contributed by atoms with E-state index in [-0.39, 0.29) is 17.5 Å². The van der Waals surface area contributed by atoms with Gasteiger partial charge in [0.15, 0.2) is 0 Å². The number of rotatable bonds is 5. The Morgan fingerprint density at radius 3 is 1.56 bits per heavy atom. The first kappa shape index (κ1) is 36.3. The van der Waals surface area contributed by atoms with E-state index >= 15 is 0 Å². The van der Waals surface area contributed by atoms with Crippen LogP contribution in [0.15, 0.2) is 140 Å². The average molecular weight is 715 g/mol. The number of aromatic nitrogens is 1. The van der Waals surface area contributed by atoms with Gasteiger partial charge in [-0.1, -0.05) is 167 Å². The van der Waals surface area contributed by atoms with Gasteiger partial charge in [0, 0.05) is 22.5 Å². The first-order chi connectivity index (χ1) is 26.2. The van der Waals surface area contributed by atoms with Crippen molar-refractivity contribution in [3.63, 3.8) is 0 Å². The number of anilines is 2. The molecule has 272 valence electrons. The SMILES string of the molecule is Cc1cc(C)c(B2c3ccccc3Nc3c2cccc3-c2cccc(-c3cc(-c4ccc(C(C)(C)C)cc4)cc(-c4ccc(C(C)(C)C)cc4)c3)n2)c(C)c1. The number of fused-ring (bicyclic) bond motifs is 2. The van der Waals surface area contributed by atoms with Crippen LogP contribution in [0.2, 0.25) is 0 Å². The molecule has 1 aromatic heterocycles. The number of nitrogens with zero attached hydrogens (tertiary/aromatic N) is 1. The molecule has 6 aromatic carbocycles. The summed E-state index contributed by atoms with van der Waals surface area (Å²) < 4.78 is 0.